The third kappa shape index (κ3) is 2.41. The number of hydrogen-bond donors (Lipinski definition) is 2. The van der Waals surface area contributed by atoms with Gasteiger partial charge in [-0.15, -0.1) is 0 Å². The van der Waals surface area contributed by atoms with Crippen LogP contribution in [-0.2, 0) is 6.42 Å². The second-order valence-corrected chi connectivity index (χ2v) is 5.60. The first-order valence-electron chi connectivity index (χ1n) is 6.84. The molecule has 1 aliphatic heterocycles. The van der Waals surface area contributed by atoms with Gasteiger partial charge in [-0.05, 0) is 12.3 Å². The molecule has 1 aliphatic carbocycles. The summed E-state index contributed by atoms with van der Waals surface area (Å²) in [6.07, 6.45) is 6.42. The molecule has 1 aromatic rings. The van der Waals surface area contributed by atoms with E-state index in [1.807, 2.05) is 0 Å². The molecule has 2 aliphatic rings. The van der Waals surface area contributed by atoms with Crippen molar-refractivity contribution >= 4 is 11.8 Å². The molecule has 5 nitrogen and oxygen atoms in total. The largest absolute Gasteiger partial charge is 0.368 e. The van der Waals surface area contributed by atoms with Crippen LogP contribution in [0.3, 0.4) is 0 Å². The number of anilines is 2. The molecule has 0 spiro atoms. The summed E-state index contributed by atoms with van der Waals surface area (Å²) < 4.78 is 0. The fraction of sp³-hybridized carbons (Fsp3) is 0.692. The third-order valence-corrected chi connectivity index (χ3v) is 3.99. The molecular weight excluding hydrogens is 226 g/mol. The van der Waals surface area contributed by atoms with Gasteiger partial charge in [0.1, 0.15) is 5.82 Å². The van der Waals surface area contributed by atoms with Crippen LogP contribution in [0.25, 0.3) is 0 Å². The maximum atomic E-state index is 5.80. The summed E-state index contributed by atoms with van der Waals surface area (Å²) in [7, 11) is 0. The van der Waals surface area contributed by atoms with Crippen molar-refractivity contribution in [1.82, 2.24) is 9.97 Å². The van der Waals surface area contributed by atoms with Gasteiger partial charge in [0, 0.05) is 30.9 Å². The van der Waals surface area contributed by atoms with Crippen LogP contribution in [0.4, 0.5) is 11.8 Å². The van der Waals surface area contributed by atoms with Gasteiger partial charge in [-0.25, -0.2) is 4.98 Å². The fourth-order valence-corrected chi connectivity index (χ4v) is 2.98. The van der Waals surface area contributed by atoms with E-state index in [4.69, 9.17) is 11.5 Å². The monoisotopic (exact) mass is 247 g/mol. The lowest BCUT2D eigenvalue weighted by molar-refractivity contribution is 0.511. The van der Waals surface area contributed by atoms with Crippen LogP contribution < -0.4 is 16.4 Å². The van der Waals surface area contributed by atoms with E-state index in [0.29, 0.717) is 5.95 Å². The molecule has 4 N–H and O–H groups in total. The number of aromatic nitrogens is 2. The van der Waals surface area contributed by atoms with Crippen molar-refractivity contribution in [2.24, 2.45) is 11.7 Å². The summed E-state index contributed by atoms with van der Waals surface area (Å²) in [5.41, 5.74) is 12.7. The lowest BCUT2D eigenvalue weighted by atomic mass is 10.0. The van der Waals surface area contributed by atoms with E-state index in [-0.39, 0.29) is 6.04 Å². The molecule has 0 atom stereocenters. The zero-order chi connectivity index (χ0) is 12.5. The van der Waals surface area contributed by atoms with Gasteiger partial charge >= 0.3 is 0 Å². The Kier molecular flexibility index (Phi) is 3.07. The van der Waals surface area contributed by atoms with Gasteiger partial charge in [0.2, 0.25) is 5.95 Å². The van der Waals surface area contributed by atoms with Crippen LogP contribution in [0.1, 0.15) is 31.4 Å². The van der Waals surface area contributed by atoms with Gasteiger partial charge in [-0.1, -0.05) is 25.7 Å². The number of nitrogens with zero attached hydrogens (tertiary/aromatic N) is 3. The minimum atomic E-state index is 0.277. The number of nitrogen functional groups attached to an aromatic ring is 1. The van der Waals surface area contributed by atoms with Crippen LogP contribution in [0, 0.1) is 5.92 Å². The SMILES string of the molecule is Nc1nc(CC2CCCC2)cc(N2CC(N)C2)n1. The molecule has 18 heavy (non-hydrogen) atoms. The van der Waals surface area contributed by atoms with Crippen molar-refractivity contribution < 1.29 is 0 Å². The molecule has 1 saturated heterocycles. The Balaban J connectivity index is 1.73. The number of nitrogens with two attached hydrogens (primary N) is 2. The zero-order valence-electron chi connectivity index (χ0n) is 10.7. The second-order valence-electron chi connectivity index (χ2n) is 5.60. The summed E-state index contributed by atoms with van der Waals surface area (Å²) in [5, 5.41) is 0. The molecule has 0 unspecified atom stereocenters. The molecule has 1 aromatic heterocycles. The van der Waals surface area contributed by atoms with Gasteiger partial charge in [0.25, 0.3) is 0 Å². The van der Waals surface area contributed by atoms with Gasteiger partial charge < -0.3 is 16.4 Å². The highest BCUT2D eigenvalue weighted by Gasteiger charge is 2.25. The van der Waals surface area contributed by atoms with E-state index in [1.54, 1.807) is 0 Å². The average Bonchev–Trinajstić information content (AvgIpc) is 2.76. The van der Waals surface area contributed by atoms with Crippen LogP contribution in [0.5, 0.6) is 0 Å². The lowest BCUT2D eigenvalue weighted by Crippen LogP contribution is -2.56. The smallest absolute Gasteiger partial charge is 0.222 e. The van der Waals surface area contributed by atoms with Gasteiger partial charge in [0.15, 0.2) is 0 Å². The van der Waals surface area contributed by atoms with Crippen LogP contribution in [-0.4, -0.2) is 29.1 Å². The second kappa shape index (κ2) is 4.72. The highest BCUT2D eigenvalue weighted by molar-refractivity contribution is 5.46. The molecule has 2 heterocycles. The minimum absolute atomic E-state index is 0.277. The third-order valence-electron chi connectivity index (χ3n) is 3.99. The predicted molar refractivity (Wildman–Crippen MR) is 72.3 cm³/mol. The molecule has 3 rings (SSSR count). The summed E-state index contributed by atoms with van der Waals surface area (Å²) in [4.78, 5) is 10.8. The lowest BCUT2D eigenvalue weighted by Gasteiger charge is -2.37. The normalized spacial score (nSPS) is 21.3. The van der Waals surface area contributed by atoms with E-state index in [1.165, 1.54) is 25.7 Å². The topological polar surface area (TPSA) is 81.1 Å². The molecule has 2 fully saturated rings. The van der Waals surface area contributed by atoms with E-state index in [9.17, 15) is 0 Å². The Hall–Kier alpha value is -1.36. The molecular formula is C13H21N5. The fourth-order valence-electron chi connectivity index (χ4n) is 2.98. The highest BCUT2D eigenvalue weighted by atomic mass is 15.3. The average molecular weight is 247 g/mol. The standard InChI is InChI=1S/C13H21N5/c14-10-7-18(8-10)12-6-11(16-13(15)17-12)5-9-3-1-2-4-9/h6,9-10H,1-5,7-8,14H2,(H2,15,16,17). The Bertz CT molecular complexity index is 421. The Morgan fingerprint density at radius 2 is 1.94 bits per heavy atom. The Morgan fingerprint density at radius 3 is 2.61 bits per heavy atom. The summed E-state index contributed by atoms with van der Waals surface area (Å²) in [6.45, 7) is 1.75. The van der Waals surface area contributed by atoms with Crippen LogP contribution in [0.15, 0.2) is 6.07 Å². The number of rotatable bonds is 3. The Morgan fingerprint density at radius 1 is 1.22 bits per heavy atom. The molecule has 98 valence electrons. The number of hydrogen-bond acceptors (Lipinski definition) is 5. The van der Waals surface area contributed by atoms with E-state index < -0.39 is 0 Å². The highest BCUT2D eigenvalue weighted by Crippen LogP contribution is 2.28. The molecule has 5 heteroatoms. The first-order valence-corrected chi connectivity index (χ1v) is 6.84. The molecule has 0 bridgehead atoms. The van der Waals surface area contributed by atoms with Crippen molar-refractivity contribution in [1.29, 1.82) is 0 Å². The summed E-state index contributed by atoms with van der Waals surface area (Å²) in [5.74, 6) is 2.11. The Labute approximate surface area is 108 Å². The van der Waals surface area contributed by atoms with E-state index in [2.05, 4.69) is 20.9 Å². The maximum absolute atomic E-state index is 5.80. The van der Waals surface area contributed by atoms with Gasteiger partial charge in [0.05, 0.1) is 0 Å². The summed E-state index contributed by atoms with van der Waals surface area (Å²) >= 11 is 0. The van der Waals surface area contributed by atoms with Crippen molar-refractivity contribution in [2.45, 2.75) is 38.1 Å². The van der Waals surface area contributed by atoms with Crippen molar-refractivity contribution in [3.8, 4) is 0 Å². The van der Waals surface area contributed by atoms with Crippen molar-refractivity contribution in [2.75, 3.05) is 23.7 Å². The van der Waals surface area contributed by atoms with Gasteiger partial charge in [-0.3, -0.25) is 0 Å². The first-order chi connectivity index (χ1) is 8.70. The van der Waals surface area contributed by atoms with E-state index in [0.717, 1.165) is 36.9 Å². The molecule has 0 amide bonds. The first kappa shape index (κ1) is 11.7. The van der Waals surface area contributed by atoms with Crippen LogP contribution >= 0.6 is 0 Å². The molecule has 1 saturated carbocycles. The summed E-state index contributed by atoms with van der Waals surface area (Å²) in [6, 6.07) is 2.36. The zero-order valence-corrected chi connectivity index (χ0v) is 10.7. The predicted octanol–water partition coefficient (Wildman–Crippen LogP) is 0.939. The molecule has 0 aromatic carbocycles. The minimum Gasteiger partial charge on any atom is -0.368 e. The quantitative estimate of drug-likeness (QED) is 0.830. The molecule has 0 radical (unpaired) electrons. The van der Waals surface area contributed by atoms with Crippen molar-refractivity contribution in [3.63, 3.8) is 0 Å². The van der Waals surface area contributed by atoms with Crippen molar-refractivity contribution in [3.05, 3.63) is 11.8 Å². The maximum Gasteiger partial charge on any atom is 0.222 e. The van der Waals surface area contributed by atoms with Crippen LogP contribution in [0.2, 0.25) is 0 Å². The van der Waals surface area contributed by atoms with E-state index >= 15 is 0 Å². The van der Waals surface area contributed by atoms with Gasteiger partial charge in [-0.2, -0.15) is 4.98 Å².